The summed E-state index contributed by atoms with van der Waals surface area (Å²) in [5.41, 5.74) is 0. The topological polar surface area (TPSA) is 62.7 Å². The van der Waals surface area contributed by atoms with Crippen LogP contribution in [0.25, 0.3) is 0 Å². The van der Waals surface area contributed by atoms with Gasteiger partial charge in [0.2, 0.25) is 10.0 Å². The fraction of sp³-hybridized carbons (Fsp3) is 0.615. The number of sulfonamides is 1. The highest BCUT2D eigenvalue weighted by Crippen LogP contribution is 2.27. The molecule has 2 aliphatic rings. The second-order valence-corrected chi connectivity index (χ2v) is 7.51. The van der Waals surface area contributed by atoms with Gasteiger partial charge in [0.05, 0.1) is 13.2 Å². The van der Waals surface area contributed by atoms with Crippen LogP contribution < -0.4 is 0 Å². The molecule has 0 spiro atoms. The molecule has 2 aliphatic heterocycles. The summed E-state index contributed by atoms with van der Waals surface area (Å²) in [6, 6.07) is 3.36. The van der Waals surface area contributed by atoms with Gasteiger partial charge in [-0.3, -0.25) is 4.90 Å². The number of halogens is 1. The number of aromatic nitrogens is 1. The number of pyridine rings is 1. The van der Waals surface area contributed by atoms with Crippen LogP contribution in [0, 0.1) is 0 Å². The minimum absolute atomic E-state index is 0.0346. The number of nitrogens with zero attached hydrogens (tertiary/aromatic N) is 3. The van der Waals surface area contributed by atoms with Crippen molar-refractivity contribution in [1.29, 1.82) is 0 Å². The Bertz CT molecular complexity index is 604. The largest absolute Gasteiger partial charge is 0.379 e. The van der Waals surface area contributed by atoms with Crippen molar-refractivity contribution >= 4 is 21.6 Å². The second kappa shape index (κ2) is 6.18. The lowest BCUT2D eigenvalue weighted by Gasteiger charge is -2.32. The maximum atomic E-state index is 12.6. The van der Waals surface area contributed by atoms with Crippen LogP contribution in [0.4, 0.5) is 0 Å². The third-order valence-electron chi connectivity index (χ3n) is 4.03. The molecule has 0 amide bonds. The van der Waals surface area contributed by atoms with Gasteiger partial charge in [-0.25, -0.2) is 13.4 Å². The van der Waals surface area contributed by atoms with Crippen LogP contribution in [0.3, 0.4) is 0 Å². The zero-order valence-electron chi connectivity index (χ0n) is 11.6. The Morgan fingerprint density at radius 1 is 1.29 bits per heavy atom. The first-order valence-electron chi connectivity index (χ1n) is 7.01. The van der Waals surface area contributed by atoms with Crippen molar-refractivity contribution in [2.24, 2.45) is 0 Å². The monoisotopic (exact) mass is 331 g/mol. The quantitative estimate of drug-likeness (QED) is 0.768. The Morgan fingerprint density at radius 2 is 2.05 bits per heavy atom. The summed E-state index contributed by atoms with van der Waals surface area (Å²) >= 11 is 5.93. The highest BCUT2D eigenvalue weighted by Gasteiger charge is 2.36. The molecule has 0 saturated carbocycles. The van der Waals surface area contributed by atoms with E-state index in [-0.39, 0.29) is 16.1 Å². The van der Waals surface area contributed by atoms with Gasteiger partial charge in [-0.2, -0.15) is 4.31 Å². The van der Waals surface area contributed by atoms with Gasteiger partial charge in [-0.1, -0.05) is 11.6 Å². The van der Waals surface area contributed by atoms with Gasteiger partial charge in [0.25, 0.3) is 0 Å². The van der Waals surface area contributed by atoms with Crippen LogP contribution in [0.5, 0.6) is 0 Å². The van der Waals surface area contributed by atoms with E-state index in [2.05, 4.69) is 9.88 Å². The Morgan fingerprint density at radius 3 is 2.76 bits per heavy atom. The zero-order chi connectivity index (χ0) is 14.9. The standard InChI is InChI=1S/C13H18ClN3O3S/c14-13-12(2-1-4-15-13)21(18,19)17-5-3-11(10-17)16-6-8-20-9-7-16/h1-2,4,11H,3,5-10H2. The van der Waals surface area contributed by atoms with Gasteiger partial charge < -0.3 is 4.74 Å². The van der Waals surface area contributed by atoms with E-state index in [1.807, 2.05) is 0 Å². The van der Waals surface area contributed by atoms with Crippen molar-refractivity contribution in [2.45, 2.75) is 17.4 Å². The van der Waals surface area contributed by atoms with E-state index >= 15 is 0 Å². The number of ether oxygens (including phenoxy) is 1. The third-order valence-corrected chi connectivity index (χ3v) is 6.34. The summed E-state index contributed by atoms with van der Waals surface area (Å²) in [6.45, 7) is 4.21. The Labute approximate surface area is 129 Å². The first-order chi connectivity index (χ1) is 10.1. The maximum absolute atomic E-state index is 12.6. The molecule has 116 valence electrons. The molecule has 6 nitrogen and oxygen atoms in total. The molecule has 0 radical (unpaired) electrons. The first-order valence-corrected chi connectivity index (χ1v) is 8.83. The van der Waals surface area contributed by atoms with Gasteiger partial charge in [0, 0.05) is 38.4 Å². The molecule has 2 saturated heterocycles. The van der Waals surface area contributed by atoms with Crippen molar-refractivity contribution < 1.29 is 13.2 Å². The molecule has 1 atom stereocenters. The van der Waals surface area contributed by atoms with Crippen LogP contribution in [0.2, 0.25) is 5.15 Å². The molecule has 1 aromatic heterocycles. The minimum Gasteiger partial charge on any atom is -0.379 e. The molecule has 0 aliphatic carbocycles. The molecule has 3 heterocycles. The van der Waals surface area contributed by atoms with E-state index in [0.29, 0.717) is 13.1 Å². The van der Waals surface area contributed by atoms with E-state index in [9.17, 15) is 8.42 Å². The molecule has 3 rings (SSSR count). The van der Waals surface area contributed by atoms with Crippen LogP contribution in [-0.4, -0.2) is 68.0 Å². The number of hydrogen-bond donors (Lipinski definition) is 0. The third kappa shape index (κ3) is 3.07. The molecule has 8 heteroatoms. The average molecular weight is 332 g/mol. The summed E-state index contributed by atoms with van der Waals surface area (Å²) in [7, 11) is -3.56. The SMILES string of the molecule is O=S(=O)(c1cccnc1Cl)N1CCC(N2CCOCC2)C1. The van der Waals surface area contributed by atoms with Gasteiger partial charge >= 0.3 is 0 Å². The highest BCUT2D eigenvalue weighted by molar-refractivity contribution is 7.89. The van der Waals surface area contributed by atoms with E-state index < -0.39 is 10.0 Å². The zero-order valence-corrected chi connectivity index (χ0v) is 13.2. The Hall–Kier alpha value is -0.730. The van der Waals surface area contributed by atoms with E-state index in [0.717, 1.165) is 32.7 Å². The van der Waals surface area contributed by atoms with Crippen LogP contribution in [0.15, 0.2) is 23.2 Å². The predicted molar refractivity (Wildman–Crippen MR) is 78.8 cm³/mol. The summed E-state index contributed by atoms with van der Waals surface area (Å²) in [5.74, 6) is 0. The second-order valence-electron chi connectivity index (χ2n) is 5.25. The van der Waals surface area contributed by atoms with Gasteiger partial charge in [0.15, 0.2) is 0 Å². The molecule has 2 fully saturated rings. The molecule has 21 heavy (non-hydrogen) atoms. The van der Waals surface area contributed by atoms with E-state index in [4.69, 9.17) is 16.3 Å². The number of rotatable bonds is 3. The van der Waals surface area contributed by atoms with Crippen molar-refractivity contribution in [2.75, 3.05) is 39.4 Å². The summed E-state index contributed by atoms with van der Waals surface area (Å²) in [4.78, 5) is 6.26. The maximum Gasteiger partial charge on any atom is 0.246 e. The lowest BCUT2D eigenvalue weighted by molar-refractivity contribution is 0.0197. The van der Waals surface area contributed by atoms with Crippen molar-refractivity contribution in [3.63, 3.8) is 0 Å². The fourth-order valence-corrected chi connectivity index (χ4v) is 4.79. The molecule has 0 bridgehead atoms. The Balaban J connectivity index is 1.74. The Kier molecular flexibility index (Phi) is 4.46. The minimum atomic E-state index is -3.56. The smallest absolute Gasteiger partial charge is 0.246 e. The van der Waals surface area contributed by atoms with Crippen molar-refractivity contribution in [1.82, 2.24) is 14.2 Å². The van der Waals surface area contributed by atoms with Crippen LogP contribution >= 0.6 is 11.6 Å². The molecule has 1 unspecified atom stereocenters. The normalized spacial score (nSPS) is 25.3. The lowest BCUT2D eigenvalue weighted by Crippen LogP contribution is -2.45. The molecular weight excluding hydrogens is 314 g/mol. The van der Waals surface area contributed by atoms with Gasteiger partial charge in [-0.05, 0) is 18.6 Å². The molecule has 0 N–H and O–H groups in total. The van der Waals surface area contributed by atoms with Gasteiger partial charge in [-0.15, -0.1) is 0 Å². The molecular formula is C13H18ClN3O3S. The van der Waals surface area contributed by atoms with Crippen molar-refractivity contribution in [3.8, 4) is 0 Å². The lowest BCUT2D eigenvalue weighted by atomic mass is 10.2. The summed E-state index contributed by atoms with van der Waals surface area (Å²) < 4.78 is 32.1. The van der Waals surface area contributed by atoms with Crippen molar-refractivity contribution in [3.05, 3.63) is 23.5 Å². The number of morpholine rings is 1. The van der Waals surface area contributed by atoms with E-state index in [1.54, 1.807) is 6.07 Å². The molecule has 0 aromatic carbocycles. The molecule has 1 aromatic rings. The summed E-state index contributed by atoms with van der Waals surface area (Å²) in [6.07, 6.45) is 2.33. The number of hydrogen-bond acceptors (Lipinski definition) is 5. The fourth-order valence-electron chi connectivity index (χ4n) is 2.87. The average Bonchev–Trinajstić information content (AvgIpc) is 2.99. The predicted octanol–water partition coefficient (Wildman–Crippen LogP) is 0.830. The van der Waals surface area contributed by atoms with Gasteiger partial charge in [0.1, 0.15) is 10.0 Å². The summed E-state index contributed by atoms with van der Waals surface area (Å²) in [5, 5.41) is 0.0346. The van der Waals surface area contributed by atoms with E-state index in [1.165, 1.54) is 16.6 Å². The highest BCUT2D eigenvalue weighted by atomic mass is 35.5. The van der Waals surface area contributed by atoms with Crippen LogP contribution in [-0.2, 0) is 14.8 Å². The first kappa shape index (κ1) is 15.2. The van der Waals surface area contributed by atoms with Crippen LogP contribution in [0.1, 0.15) is 6.42 Å².